The largest absolute Gasteiger partial charge is 0.341 e. The number of nitrogens with two attached hydrogens (primary N) is 1. The molecule has 0 aromatic rings. The summed E-state index contributed by atoms with van der Waals surface area (Å²) in [6.07, 6.45) is 8.97. The average molecular weight is 210 g/mol. The van der Waals surface area contributed by atoms with Gasteiger partial charge in [-0.05, 0) is 25.2 Å². The van der Waals surface area contributed by atoms with Gasteiger partial charge >= 0.3 is 0 Å². The van der Waals surface area contributed by atoms with Gasteiger partial charge in [0.05, 0.1) is 6.04 Å². The van der Waals surface area contributed by atoms with Gasteiger partial charge in [0.2, 0.25) is 5.91 Å². The van der Waals surface area contributed by atoms with Crippen LogP contribution < -0.4 is 5.73 Å². The van der Waals surface area contributed by atoms with Gasteiger partial charge in [-0.25, -0.2) is 0 Å². The standard InChI is InChI=1S/C12H22N2O/c13-11-7-9-14(12(11)15)8-3-6-10-4-1-2-5-10/h10-11H,1-9,13H2. The van der Waals surface area contributed by atoms with Crippen LogP contribution >= 0.6 is 0 Å². The van der Waals surface area contributed by atoms with Crippen LogP contribution in [-0.2, 0) is 4.79 Å². The van der Waals surface area contributed by atoms with Crippen molar-refractivity contribution >= 4 is 5.91 Å². The van der Waals surface area contributed by atoms with Crippen LogP contribution in [0.2, 0.25) is 0 Å². The molecule has 0 aromatic heterocycles. The summed E-state index contributed by atoms with van der Waals surface area (Å²) in [4.78, 5) is 13.5. The number of nitrogens with zero attached hydrogens (tertiary/aromatic N) is 1. The van der Waals surface area contributed by atoms with Crippen molar-refractivity contribution in [2.75, 3.05) is 13.1 Å². The molecule has 1 amide bonds. The summed E-state index contributed by atoms with van der Waals surface area (Å²) in [5, 5.41) is 0. The van der Waals surface area contributed by atoms with Gasteiger partial charge in [-0.3, -0.25) is 4.79 Å². The maximum atomic E-state index is 11.5. The van der Waals surface area contributed by atoms with Gasteiger partial charge in [0.1, 0.15) is 0 Å². The highest BCUT2D eigenvalue weighted by molar-refractivity contribution is 5.83. The third-order valence-corrected chi connectivity index (χ3v) is 3.85. The molecule has 0 aromatic carbocycles. The van der Waals surface area contributed by atoms with Crippen LogP contribution in [0.15, 0.2) is 0 Å². The summed E-state index contributed by atoms with van der Waals surface area (Å²) in [6, 6.07) is -0.212. The summed E-state index contributed by atoms with van der Waals surface area (Å²) < 4.78 is 0. The summed E-state index contributed by atoms with van der Waals surface area (Å²) in [7, 11) is 0. The average Bonchev–Trinajstić information content (AvgIpc) is 2.83. The monoisotopic (exact) mass is 210 g/mol. The van der Waals surface area contributed by atoms with Crippen molar-refractivity contribution < 1.29 is 4.79 Å². The Morgan fingerprint density at radius 3 is 2.60 bits per heavy atom. The van der Waals surface area contributed by atoms with E-state index in [0.717, 1.165) is 25.4 Å². The Bertz CT molecular complexity index is 224. The molecule has 86 valence electrons. The smallest absolute Gasteiger partial charge is 0.239 e. The van der Waals surface area contributed by atoms with E-state index in [1.165, 1.54) is 38.5 Å². The van der Waals surface area contributed by atoms with Crippen molar-refractivity contribution in [3.63, 3.8) is 0 Å². The van der Waals surface area contributed by atoms with Crippen LogP contribution in [0.1, 0.15) is 44.9 Å². The molecule has 1 atom stereocenters. The van der Waals surface area contributed by atoms with Crippen molar-refractivity contribution in [3.05, 3.63) is 0 Å². The van der Waals surface area contributed by atoms with E-state index in [4.69, 9.17) is 5.73 Å². The summed E-state index contributed by atoms with van der Waals surface area (Å²) in [5.74, 6) is 1.11. The van der Waals surface area contributed by atoms with Crippen LogP contribution in [0.25, 0.3) is 0 Å². The van der Waals surface area contributed by atoms with Crippen LogP contribution in [-0.4, -0.2) is 29.9 Å². The summed E-state index contributed by atoms with van der Waals surface area (Å²) >= 11 is 0. The fraction of sp³-hybridized carbons (Fsp3) is 0.917. The van der Waals surface area contributed by atoms with E-state index in [-0.39, 0.29) is 11.9 Å². The van der Waals surface area contributed by atoms with Crippen molar-refractivity contribution in [2.45, 2.75) is 51.0 Å². The Morgan fingerprint density at radius 1 is 1.27 bits per heavy atom. The van der Waals surface area contributed by atoms with Crippen LogP contribution in [0.3, 0.4) is 0 Å². The van der Waals surface area contributed by atoms with E-state index in [0.29, 0.717) is 0 Å². The Labute approximate surface area is 92.0 Å². The topological polar surface area (TPSA) is 46.3 Å². The van der Waals surface area contributed by atoms with E-state index in [9.17, 15) is 4.79 Å². The lowest BCUT2D eigenvalue weighted by atomic mass is 10.0. The fourth-order valence-corrected chi connectivity index (χ4v) is 2.85. The van der Waals surface area contributed by atoms with E-state index in [2.05, 4.69) is 0 Å². The van der Waals surface area contributed by atoms with Gasteiger partial charge in [-0.15, -0.1) is 0 Å². The van der Waals surface area contributed by atoms with E-state index < -0.39 is 0 Å². The molecule has 1 aliphatic carbocycles. The predicted molar refractivity (Wildman–Crippen MR) is 60.4 cm³/mol. The first-order valence-corrected chi connectivity index (χ1v) is 6.32. The highest BCUT2D eigenvalue weighted by Crippen LogP contribution is 2.28. The maximum Gasteiger partial charge on any atom is 0.239 e. The SMILES string of the molecule is NC1CCN(CCCC2CCCC2)C1=O. The minimum atomic E-state index is -0.212. The zero-order valence-corrected chi connectivity index (χ0v) is 9.45. The third-order valence-electron chi connectivity index (χ3n) is 3.85. The van der Waals surface area contributed by atoms with Crippen molar-refractivity contribution in [1.82, 2.24) is 4.90 Å². The second-order valence-electron chi connectivity index (χ2n) is 5.01. The molecule has 0 radical (unpaired) electrons. The van der Waals surface area contributed by atoms with Gasteiger partial charge in [-0.1, -0.05) is 25.7 Å². The van der Waals surface area contributed by atoms with Gasteiger partial charge in [0.25, 0.3) is 0 Å². The molecular formula is C12H22N2O. The first-order valence-electron chi connectivity index (χ1n) is 6.32. The Hall–Kier alpha value is -0.570. The highest BCUT2D eigenvalue weighted by Gasteiger charge is 2.27. The molecule has 1 saturated heterocycles. The first-order chi connectivity index (χ1) is 7.27. The Morgan fingerprint density at radius 2 is 2.00 bits per heavy atom. The highest BCUT2D eigenvalue weighted by atomic mass is 16.2. The molecule has 0 spiro atoms. The molecule has 3 nitrogen and oxygen atoms in total. The number of hydrogen-bond donors (Lipinski definition) is 1. The molecule has 2 fully saturated rings. The molecular weight excluding hydrogens is 188 g/mol. The lowest BCUT2D eigenvalue weighted by molar-refractivity contribution is -0.128. The number of likely N-dealkylation sites (tertiary alicyclic amines) is 1. The van der Waals surface area contributed by atoms with Gasteiger partial charge < -0.3 is 10.6 Å². The molecule has 1 aliphatic heterocycles. The van der Waals surface area contributed by atoms with Gasteiger partial charge in [-0.2, -0.15) is 0 Å². The zero-order chi connectivity index (χ0) is 10.7. The Balaban J connectivity index is 1.63. The molecule has 1 heterocycles. The third kappa shape index (κ3) is 2.71. The second-order valence-corrected chi connectivity index (χ2v) is 5.01. The molecule has 15 heavy (non-hydrogen) atoms. The minimum Gasteiger partial charge on any atom is -0.341 e. The fourth-order valence-electron chi connectivity index (χ4n) is 2.85. The van der Waals surface area contributed by atoms with Crippen LogP contribution in [0.5, 0.6) is 0 Å². The summed E-state index contributed by atoms with van der Waals surface area (Å²) in [6.45, 7) is 1.81. The summed E-state index contributed by atoms with van der Waals surface area (Å²) in [5.41, 5.74) is 5.67. The molecule has 2 aliphatic rings. The number of rotatable bonds is 4. The minimum absolute atomic E-state index is 0.168. The molecule has 0 bridgehead atoms. The van der Waals surface area contributed by atoms with E-state index in [1.807, 2.05) is 4.90 Å². The number of carbonyl (C=O) groups is 1. The maximum absolute atomic E-state index is 11.5. The number of amides is 1. The van der Waals surface area contributed by atoms with Gasteiger partial charge in [0, 0.05) is 13.1 Å². The van der Waals surface area contributed by atoms with E-state index >= 15 is 0 Å². The molecule has 2 N–H and O–H groups in total. The Kier molecular flexibility index (Phi) is 3.62. The lowest BCUT2D eigenvalue weighted by Gasteiger charge is -2.17. The molecule has 1 saturated carbocycles. The second kappa shape index (κ2) is 4.97. The molecule has 1 unspecified atom stereocenters. The molecule has 3 heteroatoms. The predicted octanol–water partition coefficient (Wildman–Crippen LogP) is 1.52. The molecule has 2 rings (SSSR count). The zero-order valence-electron chi connectivity index (χ0n) is 9.45. The van der Waals surface area contributed by atoms with Crippen LogP contribution in [0, 0.1) is 5.92 Å². The van der Waals surface area contributed by atoms with Crippen molar-refractivity contribution in [2.24, 2.45) is 11.7 Å². The van der Waals surface area contributed by atoms with Gasteiger partial charge in [0.15, 0.2) is 0 Å². The lowest BCUT2D eigenvalue weighted by Crippen LogP contribution is -2.34. The number of hydrogen-bond acceptors (Lipinski definition) is 2. The van der Waals surface area contributed by atoms with Crippen molar-refractivity contribution in [1.29, 1.82) is 0 Å². The first kappa shape index (κ1) is 10.9. The quantitative estimate of drug-likeness (QED) is 0.764. The van der Waals surface area contributed by atoms with E-state index in [1.54, 1.807) is 0 Å². The normalized spacial score (nSPS) is 27.9. The number of carbonyl (C=O) groups excluding carboxylic acids is 1. The van der Waals surface area contributed by atoms with Crippen molar-refractivity contribution in [3.8, 4) is 0 Å². The van der Waals surface area contributed by atoms with Crippen LogP contribution in [0.4, 0.5) is 0 Å².